The third-order valence-corrected chi connectivity index (χ3v) is 3.73. The van der Waals surface area contributed by atoms with Gasteiger partial charge in [-0.25, -0.2) is 9.97 Å². The molecule has 8 nitrogen and oxygen atoms in total. The van der Waals surface area contributed by atoms with Crippen molar-refractivity contribution in [1.82, 2.24) is 9.97 Å². The molecule has 1 unspecified atom stereocenters. The largest absolute Gasteiger partial charge is 0.489 e. The molecule has 24 heavy (non-hydrogen) atoms. The fraction of sp³-hybridized carbons (Fsp3) is 0.333. The first-order chi connectivity index (χ1) is 11.3. The van der Waals surface area contributed by atoms with Crippen LogP contribution in [0.1, 0.15) is 29.9 Å². The summed E-state index contributed by atoms with van der Waals surface area (Å²) in [5.74, 6) is 1.36. The van der Waals surface area contributed by atoms with E-state index in [0.29, 0.717) is 35.1 Å². The average Bonchev–Trinajstić information content (AvgIpc) is 2.48. The first-order valence-electron chi connectivity index (χ1n) is 7.39. The summed E-state index contributed by atoms with van der Waals surface area (Å²) in [7, 11) is 0. The van der Waals surface area contributed by atoms with E-state index in [2.05, 4.69) is 31.2 Å². The van der Waals surface area contributed by atoms with Crippen LogP contribution in [0.2, 0.25) is 0 Å². The molecule has 1 heterocycles. The molecular weight excluding hydrogens is 374 g/mol. The lowest BCUT2D eigenvalue weighted by Crippen LogP contribution is -2.13. The molecule has 2 rings (SSSR count). The number of rotatable bonds is 6. The average molecular weight is 396 g/mol. The highest BCUT2D eigenvalue weighted by molar-refractivity contribution is 9.09. The predicted octanol–water partition coefficient (Wildman–Crippen LogP) is 1.98. The fourth-order valence-corrected chi connectivity index (χ4v) is 2.63. The van der Waals surface area contributed by atoms with E-state index in [0.717, 1.165) is 5.56 Å². The van der Waals surface area contributed by atoms with Crippen LogP contribution in [0.3, 0.4) is 0 Å². The van der Waals surface area contributed by atoms with Crippen LogP contribution >= 0.6 is 15.9 Å². The minimum absolute atomic E-state index is 0.0259. The molecule has 2 aromatic rings. The molecule has 130 valence electrons. The Bertz CT molecular complexity index is 721. The molecule has 0 fully saturated rings. The van der Waals surface area contributed by atoms with E-state index >= 15 is 0 Å². The zero-order chi connectivity index (χ0) is 17.9. The van der Waals surface area contributed by atoms with Gasteiger partial charge in [0.05, 0.1) is 22.3 Å². The first kappa shape index (κ1) is 18.2. The Morgan fingerprint density at radius 3 is 2.54 bits per heavy atom. The molecule has 0 saturated heterocycles. The van der Waals surface area contributed by atoms with Crippen LogP contribution in [0.4, 0.5) is 23.0 Å². The van der Waals surface area contributed by atoms with Gasteiger partial charge in [0.25, 0.3) is 0 Å². The Hall–Kier alpha value is -2.10. The van der Waals surface area contributed by atoms with Crippen molar-refractivity contribution in [3.05, 3.63) is 29.6 Å². The highest BCUT2D eigenvalue weighted by Gasteiger charge is 2.17. The summed E-state index contributed by atoms with van der Waals surface area (Å²) in [6.45, 7) is 4.16. The van der Waals surface area contributed by atoms with Crippen LogP contribution in [0.25, 0.3) is 0 Å². The topological polar surface area (TPSA) is 151 Å². The molecule has 0 saturated carbocycles. The molecule has 1 aromatic heterocycles. The van der Waals surface area contributed by atoms with Crippen LogP contribution in [0.15, 0.2) is 18.5 Å². The molecule has 0 radical (unpaired) electrons. The minimum atomic E-state index is -0.515. The van der Waals surface area contributed by atoms with Gasteiger partial charge in [0.15, 0.2) is 0 Å². The minimum Gasteiger partial charge on any atom is -0.489 e. The van der Waals surface area contributed by atoms with Crippen molar-refractivity contribution in [1.29, 1.82) is 0 Å². The van der Waals surface area contributed by atoms with Gasteiger partial charge in [-0.15, -0.1) is 0 Å². The Balaban J connectivity index is 2.50. The van der Waals surface area contributed by atoms with E-state index in [1.54, 1.807) is 6.07 Å². The quantitative estimate of drug-likeness (QED) is 0.282. The molecule has 1 atom stereocenters. The van der Waals surface area contributed by atoms with Gasteiger partial charge in [-0.05, 0) is 25.5 Å². The molecule has 0 spiro atoms. The summed E-state index contributed by atoms with van der Waals surface area (Å²) in [5.41, 5.74) is 26.2. The first-order valence-corrected chi connectivity index (χ1v) is 8.31. The van der Waals surface area contributed by atoms with Crippen molar-refractivity contribution < 1.29 is 4.74 Å². The highest BCUT2D eigenvalue weighted by Crippen LogP contribution is 2.36. The lowest BCUT2D eigenvalue weighted by Gasteiger charge is -2.19. The van der Waals surface area contributed by atoms with Gasteiger partial charge in [0, 0.05) is 18.3 Å². The summed E-state index contributed by atoms with van der Waals surface area (Å²) in [6, 6.07) is 3.57. The van der Waals surface area contributed by atoms with Crippen molar-refractivity contribution in [2.75, 3.05) is 16.8 Å². The summed E-state index contributed by atoms with van der Waals surface area (Å²) < 4.78 is 5.83. The maximum atomic E-state index is 6.01. The normalized spacial score (nSPS) is 12.2. The third kappa shape index (κ3) is 4.05. The Morgan fingerprint density at radius 1 is 1.25 bits per heavy atom. The number of ether oxygens (including phenoxy) is 1. The standard InChI is InChI=1S/C15H22BrN7O/c1-7(2)24-11-4-9(18)8(5-17)3-10(11)23-15-12(13(16)19)14(20)21-6-22-15/h3-4,6-7,13H,5,17-19H2,1-2H3,(H3,20,21,22,23). The summed E-state index contributed by atoms with van der Waals surface area (Å²) in [5, 5.41) is 3.19. The van der Waals surface area contributed by atoms with Gasteiger partial charge in [-0.3, -0.25) is 0 Å². The number of nitrogen functional groups attached to an aromatic ring is 2. The maximum Gasteiger partial charge on any atom is 0.145 e. The van der Waals surface area contributed by atoms with Crippen molar-refractivity contribution >= 4 is 38.9 Å². The molecule has 1 aromatic carbocycles. The lowest BCUT2D eigenvalue weighted by atomic mass is 10.1. The molecule has 9 heteroatoms. The maximum absolute atomic E-state index is 6.01. The van der Waals surface area contributed by atoms with Crippen LogP contribution < -0.4 is 33.0 Å². The lowest BCUT2D eigenvalue weighted by molar-refractivity contribution is 0.244. The molecule has 0 aliphatic carbocycles. The van der Waals surface area contributed by atoms with Crippen LogP contribution in [0.5, 0.6) is 5.75 Å². The van der Waals surface area contributed by atoms with E-state index in [-0.39, 0.29) is 11.9 Å². The zero-order valence-corrected chi connectivity index (χ0v) is 15.2. The SMILES string of the molecule is CC(C)Oc1cc(N)c(CN)cc1Nc1ncnc(N)c1C(N)Br. The monoisotopic (exact) mass is 395 g/mol. The Morgan fingerprint density at radius 2 is 1.96 bits per heavy atom. The molecule has 0 aliphatic heterocycles. The second kappa shape index (κ2) is 7.65. The smallest absolute Gasteiger partial charge is 0.145 e. The molecule has 0 aliphatic rings. The van der Waals surface area contributed by atoms with Crippen LogP contribution in [-0.2, 0) is 6.54 Å². The van der Waals surface area contributed by atoms with Gasteiger partial charge in [0.2, 0.25) is 0 Å². The summed E-state index contributed by atoms with van der Waals surface area (Å²) in [6.07, 6.45) is 1.34. The number of nitrogens with two attached hydrogens (primary N) is 4. The third-order valence-electron chi connectivity index (χ3n) is 3.27. The van der Waals surface area contributed by atoms with E-state index in [4.69, 9.17) is 27.7 Å². The molecular formula is C15H22BrN7O. The van der Waals surface area contributed by atoms with Gasteiger partial charge >= 0.3 is 0 Å². The zero-order valence-electron chi connectivity index (χ0n) is 13.6. The fourth-order valence-electron chi connectivity index (χ4n) is 2.17. The van der Waals surface area contributed by atoms with Gasteiger partial charge in [-0.1, -0.05) is 15.9 Å². The van der Waals surface area contributed by atoms with Crippen molar-refractivity contribution in [3.8, 4) is 5.75 Å². The second-order valence-corrected chi connectivity index (χ2v) is 6.45. The number of anilines is 4. The Labute approximate surface area is 149 Å². The van der Waals surface area contributed by atoms with Crippen LogP contribution in [-0.4, -0.2) is 16.1 Å². The number of aromatic nitrogens is 2. The highest BCUT2D eigenvalue weighted by atomic mass is 79.9. The van der Waals surface area contributed by atoms with Crippen molar-refractivity contribution in [2.24, 2.45) is 11.5 Å². The molecule has 0 bridgehead atoms. The van der Waals surface area contributed by atoms with E-state index in [9.17, 15) is 0 Å². The number of benzene rings is 1. The number of nitrogens with zero attached hydrogens (tertiary/aromatic N) is 2. The van der Waals surface area contributed by atoms with Gasteiger partial charge in [-0.2, -0.15) is 0 Å². The van der Waals surface area contributed by atoms with Gasteiger partial charge < -0.3 is 33.0 Å². The molecule has 0 amide bonds. The second-order valence-electron chi connectivity index (χ2n) is 5.47. The van der Waals surface area contributed by atoms with Crippen molar-refractivity contribution in [3.63, 3.8) is 0 Å². The van der Waals surface area contributed by atoms with E-state index in [1.807, 2.05) is 19.9 Å². The number of nitrogens with one attached hydrogen (secondary N) is 1. The number of hydrogen-bond donors (Lipinski definition) is 5. The summed E-state index contributed by atoms with van der Waals surface area (Å²) in [4.78, 5) is 7.68. The van der Waals surface area contributed by atoms with Crippen LogP contribution in [0, 0.1) is 0 Å². The number of alkyl halides is 1. The van der Waals surface area contributed by atoms with E-state index < -0.39 is 4.95 Å². The Kier molecular flexibility index (Phi) is 5.81. The van der Waals surface area contributed by atoms with Crippen molar-refractivity contribution in [2.45, 2.75) is 31.4 Å². The van der Waals surface area contributed by atoms with Gasteiger partial charge in [0.1, 0.15) is 23.7 Å². The van der Waals surface area contributed by atoms with E-state index in [1.165, 1.54) is 6.33 Å². The summed E-state index contributed by atoms with van der Waals surface area (Å²) >= 11 is 3.30. The number of halogens is 1. The number of hydrogen-bond acceptors (Lipinski definition) is 8. The predicted molar refractivity (Wildman–Crippen MR) is 100 cm³/mol. The molecule has 9 N–H and O–H groups in total.